The molecule has 0 aliphatic heterocycles. The average molecular weight is 371 g/mol. The van der Waals surface area contributed by atoms with Gasteiger partial charge >= 0.3 is 5.97 Å². The molecule has 3 rings (SSSR count). The third kappa shape index (κ3) is 3.50. The second kappa shape index (κ2) is 7.28. The van der Waals surface area contributed by atoms with Gasteiger partial charge in [0.25, 0.3) is 0 Å². The predicted octanol–water partition coefficient (Wildman–Crippen LogP) is 1.98. The minimum Gasteiger partial charge on any atom is -0.497 e. The van der Waals surface area contributed by atoms with Crippen LogP contribution in [0.3, 0.4) is 0 Å². The Balaban J connectivity index is 2.29. The molecule has 3 aromatic rings. The van der Waals surface area contributed by atoms with Gasteiger partial charge in [-0.1, -0.05) is 11.2 Å². The molecular formula is C17H17N5O5. The third-order valence-electron chi connectivity index (χ3n) is 3.60. The first kappa shape index (κ1) is 18.1. The van der Waals surface area contributed by atoms with E-state index >= 15 is 0 Å². The summed E-state index contributed by atoms with van der Waals surface area (Å²) in [7, 11) is 2.76. The Bertz CT molecular complexity index is 1010. The molecule has 2 aromatic heterocycles. The smallest absolute Gasteiger partial charge is 0.359 e. The van der Waals surface area contributed by atoms with Crippen molar-refractivity contribution >= 4 is 17.6 Å². The van der Waals surface area contributed by atoms with Gasteiger partial charge in [-0.2, -0.15) is 10.1 Å². The number of ether oxygens (including phenoxy) is 2. The van der Waals surface area contributed by atoms with Crippen LogP contribution in [0.2, 0.25) is 0 Å². The van der Waals surface area contributed by atoms with Crippen LogP contribution >= 0.6 is 0 Å². The average Bonchev–Trinajstić information content (AvgIpc) is 3.24. The Labute approximate surface area is 154 Å². The molecule has 0 aliphatic carbocycles. The molecule has 0 fully saturated rings. The number of esters is 1. The normalized spacial score (nSPS) is 10.5. The minimum atomic E-state index is -0.694. The van der Waals surface area contributed by atoms with Crippen LogP contribution < -0.4 is 10.1 Å². The van der Waals surface area contributed by atoms with Gasteiger partial charge < -0.3 is 19.3 Å². The van der Waals surface area contributed by atoms with E-state index in [1.165, 1.54) is 25.8 Å². The van der Waals surface area contributed by atoms with E-state index in [1.54, 1.807) is 31.2 Å². The monoisotopic (exact) mass is 371 g/mol. The topological polar surface area (TPSA) is 121 Å². The first-order valence-electron chi connectivity index (χ1n) is 7.88. The lowest BCUT2D eigenvalue weighted by Gasteiger charge is -2.09. The fourth-order valence-electron chi connectivity index (χ4n) is 2.48. The zero-order valence-corrected chi connectivity index (χ0v) is 15.1. The van der Waals surface area contributed by atoms with Crippen LogP contribution in [-0.4, -0.2) is 46.0 Å². The lowest BCUT2D eigenvalue weighted by molar-refractivity contribution is -0.114. The van der Waals surface area contributed by atoms with E-state index in [9.17, 15) is 9.59 Å². The highest BCUT2D eigenvalue weighted by molar-refractivity contribution is 6.03. The number of anilines is 1. The molecule has 2 heterocycles. The summed E-state index contributed by atoms with van der Waals surface area (Å²) in [5.41, 5.74) is 0.828. The number of aryl methyl sites for hydroxylation is 1. The molecule has 27 heavy (non-hydrogen) atoms. The van der Waals surface area contributed by atoms with Crippen molar-refractivity contribution in [2.75, 3.05) is 19.5 Å². The number of aromatic nitrogens is 4. The van der Waals surface area contributed by atoms with E-state index in [2.05, 4.69) is 20.6 Å². The van der Waals surface area contributed by atoms with E-state index in [4.69, 9.17) is 14.0 Å². The van der Waals surface area contributed by atoms with Crippen LogP contribution in [0.1, 0.15) is 23.3 Å². The van der Waals surface area contributed by atoms with E-state index in [-0.39, 0.29) is 22.9 Å². The molecule has 0 bridgehead atoms. The fraction of sp³-hybridized carbons (Fsp3) is 0.235. The molecule has 0 atom stereocenters. The number of amides is 1. The maximum Gasteiger partial charge on any atom is 0.359 e. The predicted molar refractivity (Wildman–Crippen MR) is 93.8 cm³/mol. The second-order valence-corrected chi connectivity index (χ2v) is 5.50. The van der Waals surface area contributed by atoms with Gasteiger partial charge in [0.2, 0.25) is 17.6 Å². The fourth-order valence-corrected chi connectivity index (χ4v) is 2.48. The van der Waals surface area contributed by atoms with Crippen molar-refractivity contribution in [3.8, 4) is 23.0 Å². The van der Waals surface area contributed by atoms with Crippen molar-refractivity contribution in [1.29, 1.82) is 0 Å². The lowest BCUT2D eigenvalue weighted by atomic mass is 10.2. The molecule has 0 radical (unpaired) electrons. The molecule has 1 aromatic carbocycles. The van der Waals surface area contributed by atoms with E-state index in [1.807, 2.05) is 0 Å². The summed E-state index contributed by atoms with van der Waals surface area (Å²) in [4.78, 5) is 28.3. The molecule has 0 aliphatic rings. The molecule has 140 valence electrons. The molecule has 0 spiro atoms. The van der Waals surface area contributed by atoms with E-state index < -0.39 is 11.9 Å². The quantitative estimate of drug-likeness (QED) is 0.676. The van der Waals surface area contributed by atoms with Crippen molar-refractivity contribution in [3.63, 3.8) is 0 Å². The maximum absolute atomic E-state index is 12.5. The Morgan fingerprint density at radius 1 is 1.26 bits per heavy atom. The number of nitrogens with one attached hydrogen (secondary N) is 1. The molecule has 10 heteroatoms. The second-order valence-electron chi connectivity index (χ2n) is 5.50. The van der Waals surface area contributed by atoms with Gasteiger partial charge in [-0.25, -0.2) is 9.48 Å². The number of methoxy groups -OCH3 is 2. The SMILES string of the molecule is COC(=O)c1c(NC(C)=O)c(-c2noc(C)n2)nn1-c1cccc(OC)c1. The standard InChI is InChI=1S/C17H17N5O5/c1-9(23)18-13-14(16-19-10(2)27-21-16)20-22(15(13)17(24)26-4)11-6-5-7-12(8-11)25-3/h5-8H,1-4H3,(H,18,23). The van der Waals surface area contributed by atoms with Gasteiger partial charge in [0.1, 0.15) is 11.4 Å². The summed E-state index contributed by atoms with van der Waals surface area (Å²) >= 11 is 0. The Morgan fingerprint density at radius 3 is 2.63 bits per heavy atom. The van der Waals surface area contributed by atoms with Crippen LogP contribution in [0.5, 0.6) is 5.75 Å². The number of carbonyl (C=O) groups is 2. The summed E-state index contributed by atoms with van der Waals surface area (Å²) < 4.78 is 16.4. The van der Waals surface area contributed by atoms with Crippen molar-refractivity contribution in [1.82, 2.24) is 19.9 Å². The molecule has 10 nitrogen and oxygen atoms in total. The maximum atomic E-state index is 12.5. The Kier molecular flexibility index (Phi) is 4.88. The third-order valence-corrected chi connectivity index (χ3v) is 3.60. The Morgan fingerprint density at radius 2 is 2.04 bits per heavy atom. The summed E-state index contributed by atoms with van der Waals surface area (Å²) in [6.07, 6.45) is 0. The van der Waals surface area contributed by atoms with Crippen LogP contribution in [0.4, 0.5) is 5.69 Å². The van der Waals surface area contributed by atoms with Crippen LogP contribution in [0.25, 0.3) is 17.2 Å². The van der Waals surface area contributed by atoms with Crippen molar-refractivity contribution in [3.05, 3.63) is 35.9 Å². The molecule has 1 amide bonds. The van der Waals surface area contributed by atoms with Gasteiger partial charge in [0, 0.05) is 19.9 Å². The first-order valence-corrected chi connectivity index (χ1v) is 7.88. The number of nitrogens with zero attached hydrogens (tertiary/aromatic N) is 4. The van der Waals surface area contributed by atoms with E-state index in [0.29, 0.717) is 17.3 Å². The highest BCUT2D eigenvalue weighted by Crippen LogP contribution is 2.32. The van der Waals surface area contributed by atoms with Gasteiger partial charge in [0.05, 0.1) is 19.9 Å². The van der Waals surface area contributed by atoms with Gasteiger partial charge in [-0.05, 0) is 12.1 Å². The zero-order chi connectivity index (χ0) is 19.6. The number of hydrogen-bond donors (Lipinski definition) is 1. The zero-order valence-electron chi connectivity index (χ0n) is 15.1. The first-order chi connectivity index (χ1) is 12.9. The summed E-state index contributed by atoms with van der Waals surface area (Å²) in [6, 6.07) is 6.91. The van der Waals surface area contributed by atoms with Crippen molar-refractivity contribution in [2.24, 2.45) is 0 Å². The molecule has 0 saturated carbocycles. The molecule has 1 N–H and O–H groups in total. The highest BCUT2D eigenvalue weighted by atomic mass is 16.5. The molecule has 0 saturated heterocycles. The summed E-state index contributed by atoms with van der Waals surface area (Å²) in [6.45, 7) is 2.93. The van der Waals surface area contributed by atoms with Gasteiger partial charge in [-0.3, -0.25) is 4.79 Å². The number of rotatable bonds is 5. The van der Waals surface area contributed by atoms with Crippen molar-refractivity contribution in [2.45, 2.75) is 13.8 Å². The van der Waals surface area contributed by atoms with Crippen LogP contribution in [0, 0.1) is 6.92 Å². The summed E-state index contributed by atoms with van der Waals surface area (Å²) in [5.74, 6) is -0.0819. The largest absolute Gasteiger partial charge is 0.497 e. The number of benzene rings is 1. The number of carbonyl (C=O) groups excluding carboxylic acids is 2. The highest BCUT2D eigenvalue weighted by Gasteiger charge is 2.29. The van der Waals surface area contributed by atoms with Crippen LogP contribution in [-0.2, 0) is 9.53 Å². The number of hydrogen-bond acceptors (Lipinski definition) is 8. The lowest BCUT2D eigenvalue weighted by Crippen LogP contribution is -2.15. The molecule has 0 unspecified atom stereocenters. The van der Waals surface area contributed by atoms with Gasteiger partial charge in [-0.15, -0.1) is 0 Å². The molecular weight excluding hydrogens is 354 g/mol. The Hall–Kier alpha value is -3.69. The van der Waals surface area contributed by atoms with E-state index in [0.717, 1.165) is 0 Å². The van der Waals surface area contributed by atoms with Crippen LogP contribution in [0.15, 0.2) is 28.8 Å². The van der Waals surface area contributed by atoms with Gasteiger partial charge in [0.15, 0.2) is 11.4 Å². The van der Waals surface area contributed by atoms with Crippen molar-refractivity contribution < 1.29 is 23.6 Å². The minimum absolute atomic E-state index is 0.0124. The summed E-state index contributed by atoms with van der Waals surface area (Å²) in [5, 5.41) is 10.9.